The molecular weight excluding hydrogens is 242 g/mol. The number of nitrogens with two attached hydrogens (primary N) is 1. The number of hydrogen-bond donors (Lipinski definition) is 3. The Kier molecular flexibility index (Phi) is 6.15. The van der Waals surface area contributed by atoms with Crippen LogP contribution in [0.4, 0.5) is 11.4 Å². The summed E-state index contributed by atoms with van der Waals surface area (Å²) in [4.78, 5) is 11.7. The molecular formula is C14H23N3O2. The number of anilines is 2. The van der Waals surface area contributed by atoms with Gasteiger partial charge in [-0.2, -0.15) is 0 Å². The topological polar surface area (TPSA) is 76.4 Å². The van der Waals surface area contributed by atoms with Gasteiger partial charge in [0.1, 0.15) is 0 Å². The molecule has 0 aliphatic carbocycles. The lowest BCUT2D eigenvalue weighted by molar-refractivity contribution is 0.0956. The van der Waals surface area contributed by atoms with Crippen molar-refractivity contribution in [2.75, 3.05) is 37.9 Å². The van der Waals surface area contributed by atoms with E-state index in [4.69, 9.17) is 10.5 Å². The number of hydrogen-bond acceptors (Lipinski definition) is 4. The Morgan fingerprint density at radius 2 is 2.21 bits per heavy atom. The van der Waals surface area contributed by atoms with E-state index in [1.165, 1.54) is 0 Å². The number of ether oxygens (including phenoxy) is 1. The molecule has 19 heavy (non-hydrogen) atoms. The minimum atomic E-state index is -0.103. The van der Waals surface area contributed by atoms with Gasteiger partial charge in [-0.3, -0.25) is 4.79 Å². The van der Waals surface area contributed by atoms with Crippen LogP contribution in [0.1, 0.15) is 24.2 Å². The van der Waals surface area contributed by atoms with E-state index in [0.29, 0.717) is 30.3 Å². The molecule has 5 heteroatoms. The molecule has 1 rings (SSSR count). The van der Waals surface area contributed by atoms with E-state index < -0.39 is 0 Å². The summed E-state index contributed by atoms with van der Waals surface area (Å²) < 4.78 is 5.08. The van der Waals surface area contributed by atoms with Crippen LogP contribution in [0.5, 0.6) is 0 Å². The molecule has 4 N–H and O–H groups in total. The third kappa shape index (κ3) is 4.79. The van der Waals surface area contributed by atoms with Gasteiger partial charge in [-0.1, -0.05) is 6.92 Å². The van der Waals surface area contributed by atoms with Crippen LogP contribution in [-0.4, -0.2) is 32.7 Å². The fraction of sp³-hybridized carbons (Fsp3) is 0.500. The summed E-state index contributed by atoms with van der Waals surface area (Å²) in [6, 6.07) is 5.29. The molecule has 1 aromatic carbocycles. The van der Waals surface area contributed by atoms with Gasteiger partial charge in [-0.05, 0) is 31.0 Å². The minimum absolute atomic E-state index is 0.103. The van der Waals surface area contributed by atoms with E-state index in [9.17, 15) is 4.79 Å². The Bertz CT molecular complexity index is 421. The molecule has 1 atom stereocenters. The molecule has 0 fully saturated rings. The Morgan fingerprint density at radius 1 is 1.47 bits per heavy atom. The predicted octanol–water partition coefficient (Wildman–Crippen LogP) is 1.71. The first-order chi connectivity index (χ1) is 9.08. The predicted molar refractivity (Wildman–Crippen MR) is 78.4 cm³/mol. The molecule has 0 saturated heterocycles. The lowest BCUT2D eigenvalue weighted by Crippen LogP contribution is -2.23. The fourth-order valence-corrected chi connectivity index (χ4v) is 1.76. The molecule has 0 spiro atoms. The minimum Gasteiger partial charge on any atom is -0.397 e. The summed E-state index contributed by atoms with van der Waals surface area (Å²) >= 11 is 0. The molecule has 0 aromatic heterocycles. The van der Waals surface area contributed by atoms with Crippen molar-refractivity contribution in [2.24, 2.45) is 5.92 Å². The maximum Gasteiger partial charge on any atom is 0.251 e. The highest BCUT2D eigenvalue weighted by atomic mass is 16.5. The zero-order chi connectivity index (χ0) is 14.3. The zero-order valence-electron chi connectivity index (χ0n) is 11.8. The van der Waals surface area contributed by atoms with Crippen molar-refractivity contribution < 1.29 is 9.53 Å². The monoisotopic (exact) mass is 265 g/mol. The Balaban J connectivity index is 2.64. The van der Waals surface area contributed by atoms with Gasteiger partial charge in [0.05, 0.1) is 18.0 Å². The standard InChI is InChI=1S/C14H23N3O2/c1-4-16-14(18)11-5-6-13(12(15)7-11)17-8-10(2)9-19-3/h5-7,10,17H,4,8-9,15H2,1-3H3,(H,16,18). The van der Waals surface area contributed by atoms with Crippen LogP contribution in [0.2, 0.25) is 0 Å². The van der Waals surface area contributed by atoms with Crippen molar-refractivity contribution in [3.63, 3.8) is 0 Å². The smallest absolute Gasteiger partial charge is 0.251 e. The van der Waals surface area contributed by atoms with Gasteiger partial charge >= 0.3 is 0 Å². The summed E-state index contributed by atoms with van der Waals surface area (Å²) in [6.07, 6.45) is 0. The van der Waals surface area contributed by atoms with Crippen molar-refractivity contribution >= 4 is 17.3 Å². The third-order valence-electron chi connectivity index (χ3n) is 2.74. The van der Waals surface area contributed by atoms with Crippen molar-refractivity contribution in [3.05, 3.63) is 23.8 Å². The fourth-order valence-electron chi connectivity index (χ4n) is 1.76. The summed E-state index contributed by atoms with van der Waals surface area (Å²) in [5.74, 6) is 0.293. The van der Waals surface area contributed by atoms with Crippen molar-refractivity contribution in [3.8, 4) is 0 Å². The van der Waals surface area contributed by atoms with Crippen LogP contribution in [0.3, 0.4) is 0 Å². The Labute approximate surface area is 114 Å². The average molecular weight is 265 g/mol. The van der Waals surface area contributed by atoms with Crippen molar-refractivity contribution in [1.29, 1.82) is 0 Å². The molecule has 0 bridgehead atoms. The highest BCUT2D eigenvalue weighted by Gasteiger charge is 2.08. The zero-order valence-corrected chi connectivity index (χ0v) is 11.8. The lowest BCUT2D eigenvalue weighted by atomic mass is 10.1. The van der Waals surface area contributed by atoms with E-state index >= 15 is 0 Å². The molecule has 0 heterocycles. The van der Waals surface area contributed by atoms with Gasteiger partial charge in [0.15, 0.2) is 0 Å². The molecule has 1 aromatic rings. The summed E-state index contributed by atoms with van der Waals surface area (Å²) in [7, 11) is 1.69. The maximum atomic E-state index is 11.7. The van der Waals surface area contributed by atoms with E-state index in [1.54, 1.807) is 19.2 Å². The summed E-state index contributed by atoms with van der Waals surface area (Å²) in [5.41, 5.74) is 7.94. The number of methoxy groups -OCH3 is 1. The third-order valence-corrected chi connectivity index (χ3v) is 2.74. The Morgan fingerprint density at radius 3 is 2.79 bits per heavy atom. The quantitative estimate of drug-likeness (QED) is 0.656. The van der Waals surface area contributed by atoms with Crippen molar-refractivity contribution in [1.82, 2.24) is 5.32 Å². The number of nitrogens with one attached hydrogen (secondary N) is 2. The van der Waals surface area contributed by atoms with Crippen LogP contribution in [-0.2, 0) is 4.74 Å². The second kappa shape index (κ2) is 7.63. The van der Waals surface area contributed by atoms with Gasteiger partial charge < -0.3 is 21.1 Å². The van der Waals surface area contributed by atoms with E-state index in [1.807, 2.05) is 13.0 Å². The van der Waals surface area contributed by atoms with Crippen LogP contribution in [0.15, 0.2) is 18.2 Å². The van der Waals surface area contributed by atoms with Crippen molar-refractivity contribution in [2.45, 2.75) is 13.8 Å². The first kappa shape index (κ1) is 15.3. The average Bonchev–Trinajstić information content (AvgIpc) is 2.38. The molecule has 1 amide bonds. The SMILES string of the molecule is CCNC(=O)c1ccc(NCC(C)COC)c(N)c1. The molecule has 0 saturated carbocycles. The van der Waals surface area contributed by atoms with Gasteiger partial charge in [0, 0.05) is 25.8 Å². The lowest BCUT2D eigenvalue weighted by Gasteiger charge is -2.14. The van der Waals surface area contributed by atoms with Crippen LogP contribution < -0.4 is 16.4 Å². The molecule has 0 radical (unpaired) electrons. The first-order valence-electron chi connectivity index (χ1n) is 6.49. The summed E-state index contributed by atoms with van der Waals surface area (Å²) in [5, 5.41) is 6.00. The summed E-state index contributed by atoms with van der Waals surface area (Å²) in [6.45, 7) is 6.06. The number of rotatable bonds is 7. The molecule has 106 valence electrons. The number of benzene rings is 1. The normalized spacial score (nSPS) is 11.9. The van der Waals surface area contributed by atoms with E-state index in [0.717, 1.165) is 12.2 Å². The highest BCUT2D eigenvalue weighted by molar-refractivity contribution is 5.96. The first-order valence-corrected chi connectivity index (χ1v) is 6.49. The number of amides is 1. The largest absolute Gasteiger partial charge is 0.397 e. The molecule has 0 aliphatic heterocycles. The maximum absolute atomic E-state index is 11.7. The van der Waals surface area contributed by atoms with E-state index in [-0.39, 0.29) is 5.91 Å². The van der Waals surface area contributed by atoms with Crippen LogP contribution in [0, 0.1) is 5.92 Å². The van der Waals surface area contributed by atoms with E-state index in [2.05, 4.69) is 17.6 Å². The molecule has 0 aliphatic rings. The highest BCUT2D eigenvalue weighted by Crippen LogP contribution is 2.20. The molecule has 5 nitrogen and oxygen atoms in total. The van der Waals surface area contributed by atoms with Gasteiger partial charge in [0.2, 0.25) is 0 Å². The van der Waals surface area contributed by atoms with Gasteiger partial charge in [-0.15, -0.1) is 0 Å². The second-order valence-electron chi connectivity index (χ2n) is 4.60. The number of carbonyl (C=O) groups is 1. The van der Waals surface area contributed by atoms with Gasteiger partial charge in [-0.25, -0.2) is 0 Å². The number of carbonyl (C=O) groups excluding carboxylic acids is 1. The Hall–Kier alpha value is -1.75. The molecule has 1 unspecified atom stereocenters. The van der Waals surface area contributed by atoms with Crippen LogP contribution in [0.25, 0.3) is 0 Å². The van der Waals surface area contributed by atoms with Crippen LogP contribution >= 0.6 is 0 Å². The van der Waals surface area contributed by atoms with Gasteiger partial charge in [0.25, 0.3) is 5.91 Å². The number of nitrogen functional groups attached to an aromatic ring is 1. The second-order valence-corrected chi connectivity index (χ2v) is 4.60.